The van der Waals surface area contributed by atoms with Crippen LogP contribution in [0.5, 0.6) is 0 Å². The van der Waals surface area contributed by atoms with Crippen LogP contribution in [0.4, 0.5) is 0 Å². The molecule has 0 atom stereocenters. The highest BCUT2D eigenvalue weighted by Gasteiger charge is 2.20. The second-order valence-corrected chi connectivity index (χ2v) is 5.61. The lowest BCUT2D eigenvalue weighted by Crippen LogP contribution is -2.36. The third-order valence-electron chi connectivity index (χ3n) is 3.57. The molecule has 0 unspecified atom stereocenters. The van der Waals surface area contributed by atoms with Crippen molar-refractivity contribution in [1.82, 2.24) is 15.1 Å². The van der Waals surface area contributed by atoms with Gasteiger partial charge in [0.2, 0.25) is 0 Å². The number of nitrogens with zero attached hydrogens (tertiary/aromatic N) is 2. The molecule has 0 aliphatic carbocycles. The van der Waals surface area contributed by atoms with Crippen LogP contribution < -0.4 is 0 Å². The Hall–Kier alpha value is -2.63. The van der Waals surface area contributed by atoms with E-state index >= 15 is 0 Å². The maximum absolute atomic E-state index is 12.4. The highest BCUT2D eigenvalue weighted by Crippen LogP contribution is 2.23. The Kier molecular flexibility index (Phi) is 5.16. The molecule has 0 fully saturated rings. The number of H-pyrrole nitrogens is 1. The first-order valence-corrected chi connectivity index (χ1v) is 7.56. The molecule has 0 spiro atoms. The lowest BCUT2D eigenvalue weighted by atomic mass is 10.0. The van der Waals surface area contributed by atoms with Crippen LogP contribution in [-0.2, 0) is 4.79 Å². The molecule has 0 aliphatic heterocycles. The molecule has 23 heavy (non-hydrogen) atoms. The van der Waals surface area contributed by atoms with Crippen LogP contribution in [0, 0.1) is 13.8 Å². The molecule has 6 nitrogen and oxygen atoms in total. The monoisotopic (exact) mass is 315 g/mol. The normalized spacial score (nSPS) is 10.6. The number of carbonyl (C=O) groups excluding carboxylic acids is 1. The summed E-state index contributed by atoms with van der Waals surface area (Å²) < 4.78 is 0. The highest BCUT2D eigenvalue weighted by molar-refractivity contribution is 5.95. The topological polar surface area (TPSA) is 86.3 Å². The number of aromatic amines is 1. The second-order valence-electron chi connectivity index (χ2n) is 5.61. The maximum Gasteiger partial charge on any atom is 0.323 e. The van der Waals surface area contributed by atoms with E-state index in [0.717, 1.165) is 16.7 Å². The van der Waals surface area contributed by atoms with Gasteiger partial charge < -0.3 is 10.0 Å². The molecule has 1 heterocycles. The number of benzene rings is 1. The summed E-state index contributed by atoms with van der Waals surface area (Å²) in [6, 6.07) is 7.69. The van der Waals surface area contributed by atoms with Crippen LogP contribution in [0.15, 0.2) is 24.3 Å². The number of aromatic nitrogens is 2. The van der Waals surface area contributed by atoms with Crippen molar-refractivity contribution in [1.29, 1.82) is 0 Å². The van der Waals surface area contributed by atoms with Crippen LogP contribution in [0.3, 0.4) is 0 Å². The Balaban J connectivity index is 2.26. The minimum atomic E-state index is -1.03. The summed E-state index contributed by atoms with van der Waals surface area (Å²) in [5, 5.41) is 15.9. The van der Waals surface area contributed by atoms with E-state index in [1.807, 2.05) is 32.9 Å². The van der Waals surface area contributed by atoms with Gasteiger partial charge in [-0.2, -0.15) is 5.10 Å². The van der Waals surface area contributed by atoms with E-state index in [-0.39, 0.29) is 12.5 Å². The molecule has 1 aromatic heterocycles. The fourth-order valence-electron chi connectivity index (χ4n) is 2.53. The van der Waals surface area contributed by atoms with Gasteiger partial charge in [-0.1, -0.05) is 30.7 Å². The molecule has 1 amide bonds. The number of aliphatic carboxylic acids is 1. The summed E-state index contributed by atoms with van der Waals surface area (Å²) in [7, 11) is 0. The van der Waals surface area contributed by atoms with Gasteiger partial charge in [0.25, 0.3) is 5.91 Å². The van der Waals surface area contributed by atoms with Crippen molar-refractivity contribution in [2.24, 2.45) is 0 Å². The molecule has 6 heteroatoms. The summed E-state index contributed by atoms with van der Waals surface area (Å²) >= 11 is 0. The number of carbonyl (C=O) groups is 2. The number of aryl methyl sites for hydroxylation is 2. The van der Waals surface area contributed by atoms with E-state index in [0.29, 0.717) is 24.4 Å². The summed E-state index contributed by atoms with van der Waals surface area (Å²) in [5.74, 6) is -1.38. The van der Waals surface area contributed by atoms with Crippen LogP contribution >= 0.6 is 0 Å². The Morgan fingerprint density at radius 2 is 2.00 bits per heavy atom. The maximum atomic E-state index is 12.4. The summed E-state index contributed by atoms with van der Waals surface area (Å²) in [5.41, 5.74) is 4.17. The Morgan fingerprint density at radius 3 is 2.61 bits per heavy atom. The third-order valence-corrected chi connectivity index (χ3v) is 3.57. The summed E-state index contributed by atoms with van der Waals surface area (Å²) in [4.78, 5) is 24.7. The van der Waals surface area contributed by atoms with Crippen molar-refractivity contribution in [2.45, 2.75) is 27.2 Å². The van der Waals surface area contributed by atoms with Gasteiger partial charge in [-0.15, -0.1) is 0 Å². The Labute approximate surface area is 135 Å². The van der Waals surface area contributed by atoms with Gasteiger partial charge in [-0.25, -0.2) is 0 Å². The molecule has 0 saturated heterocycles. The molecule has 2 aromatic rings. The van der Waals surface area contributed by atoms with E-state index in [4.69, 9.17) is 5.11 Å². The highest BCUT2D eigenvalue weighted by atomic mass is 16.4. The van der Waals surface area contributed by atoms with E-state index in [1.165, 1.54) is 4.90 Å². The van der Waals surface area contributed by atoms with Gasteiger partial charge in [0, 0.05) is 12.1 Å². The van der Waals surface area contributed by atoms with Crippen LogP contribution in [0.25, 0.3) is 11.3 Å². The average molecular weight is 315 g/mol. The Morgan fingerprint density at radius 1 is 1.26 bits per heavy atom. The van der Waals surface area contributed by atoms with Gasteiger partial charge in [0.1, 0.15) is 12.2 Å². The molecular formula is C17H21N3O3. The number of hydrogen-bond donors (Lipinski definition) is 2. The van der Waals surface area contributed by atoms with Crippen LogP contribution in [0.1, 0.15) is 35.0 Å². The number of carboxylic acids is 1. The summed E-state index contributed by atoms with van der Waals surface area (Å²) in [6.07, 6.45) is 0.692. The van der Waals surface area contributed by atoms with Gasteiger partial charge in [-0.3, -0.25) is 14.7 Å². The van der Waals surface area contributed by atoms with Crippen LogP contribution in [-0.4, -0.2) is 45.2 Å². The Bertz CT molecular complexity index is 722. The van der Waals surface area contributed by atoms with E-state index < -0.39 is 5.97 Å². The van der Waals surface area contributed by atoms with E-state index in [9.17, 15) is 9.59 Å². The molecule has 2 rings (SSSR count). The number of carboxylic acid groups (broad SMARTS) is 1. The van der Waals surface area contributed by atoms with Crippen molar-refractivity contribution >= 4 is 11.9 Å². The van der Waals surface area contributed by atoms with Gasteiger partial charge >= 0.3 is 5.97 Å². The van der Waals surface area contributed by atoms with E-state index in [2.05, 4.69) is 16.3 Å². The van der Waals surface area contributed by atoms with Gasteiger partial charge in [0.15, 0.2) is 0 Å². The SMILES string of the molecule is CCCN(CC(=O)O)C(=O)c1cc(-c2ccc(C)cc2C)n[nH]1. The van der Waals surface area contributed by atoms with Crippen molar-refractivity contribution in [3.05, 3.63) is 41.1 Å². The molecule has 1 aromatic carbocycles. The van der Waals surface area contributed by atoms with Crippen molar-refractivity contribution in [3.8, 4) is 11.3 Å². The second kappa shape index (κ2) is 7.09. The first-order valence-electron chi connectivity index (χ1n) is 7.56. The smallest absolute Gasteiger partial charge is 0.323 e. The van der Waals surface area contributed by atoms with Gasteiger partial charge in [0.05, 0.1) is 5.69 Å². The van der Waals surface area contributed by atoms with E-state index in [1.54, 1.807) is 6.07 Å². The van der Waals surface area contributed by atoms with Crippen molar-refractivity contribution in [3.63, 3.8) is 0 Å². The van der Waals surface area contributed by atoms with Crippen LogP contribution in [0.2, 0.25) is 0 Å². The fourth-order valence-corrected chi connectivity index (χ4v) is 2.53. The zero-order chi connectivity index (χ0) is 17.0. The zero-order valence-electron chi connectivity index (χ0n) is 13.6. The number of amides is 1. The molecule has 0 bridgehead atoms. The quantitative estimate of drug-likeness (QED) is 0.858. The molecular weight excluding hydrogens is 294 g/mol. The predicted octanol–water partition coefficient (Wildman–Crippen LogP) is 2.63. The van der Waals surface area contributed by atoms with Gasteiger partial charge in [-0.05, 0) is 31.9 Å². The average Bonchev–Trinajstić information content (AvgIpc) is 2.95. The number of rotatable bonds is 6. The molecule has 122 valence electrons. The summed E-state index contributed by atoms with van der Waals surface area (Å²) in [6.45, 7) is 5.99. The lowest BCUT2D eigenvalue weighted by Gasteiger charge is -2.18. The lowest BCUT2D eigenvalue weighted by molar-refractivity contribution is -0.137. The number of nitrogens with one attached hydrogen (secondary N) is 1. The molecule has 0 aliphatic rings. The largest absolute Gasteiger partial charge is 0.480 e. The number of hydrogen-bond acceptors (Lipinski definition) is 3. The minimum absolute atomic E-state index is 0.301. The first kappa shape index (κ1) is 16.7. The predicted molar refractivity (Wildman–Crippen MR) is 87.3 cm³/mol. The first-order chi connectivity index (χ1) is 10.9. The zero-order valence-corrected chi connectivity index (χ0v) is 13.6. The molecule has 0 radical (unpaired) electrons. The van der Waals surface area contributed by atoms with Crippen molar-refractivity contribution < 1.29 is 14.7 Å². The fraction of sp³-hybridized carbons (Fsp3) is 0.353. The third kappa shape index (κ3) is 3.97. The minimum Gasteiger partial charge on any atom is -0.480 e. The molecule has 0 saturated carbocycles. The standard InChI is InChI=1S/C17H21N3O3/c1-4-7-20(10-16(21)22)17(23)15-9-14(18-19-15)13-6-5-11(2)8-12(13)3/h5-6,8-9H,4,7,10H2,1-3H3,(H,18,19)(H,21,22). The van der Waals surface area contributed by atoms with Crippen molar-refractivity contribution in [2.75, 3.05) is 13.1 Å². The molecule has 2 N–H and O–H groups in total.